The fourth-order valence-corrected chi connectivity index (χ4v) is 2.15. The number of rotatable bonds is 7. The maximum Gasteiger partial charge on any atom is 0.253 e. The maximum absolute atomic E-state index is 12.2. The van der Waals surface area contributed by atoms with Crippen molar-refractivity contribution < 1.29 is 14.6 Å². The van der Waals surface area contributed by atoms with Crippen LogP contribution in [0.5, 0.6) is 11.6 Å². The van der Waals surface area contributed by atoms with Gasteiger partial charge in [0.2, 0.25) is 5.88 Å². The second-order valence-corrected chi connectivity index (χ2v) is 5.64. The van der Waals surface area contributed by atoms with Gasteiger partial charge in [0.15, 0.2) is 0 Å². The summed E-state index contributed by atoms with van der Waals surface area (Å²) in [4.78, 5) is 16.4. The van der Waals surface area contributed by atoms with Crippen LogP contribution in [0.25, 0.3) is 0 Å². The molecule has 1 heterocycles. The summed E-state index contributed by atoms with van der Waals surface area (Å²) < 4.78 is 5.60. The minimum absolute atomic E-state index is 0.0469. The molecular formula is C18H22N2O3. The fraction of sp³-hybridized carbons (Fsp3) is 0.333. The van der Waals surface area contributed by atoms with Gasteiger partial charge in [0, 0.05) is 24.9 Å². The van der Waals surface area contributed by atoms with E-state index in [0.717, 1.165) is 0 Å². The van der Waals surface area contributed by atoms with Gasteiger partial charge in [-0.3, -0.25) is 4.79 Å². The van der Waals surface area contributed by atoms with E-state index in [1.165, 1.54) is 6.20 Å². The van der Waals surface area contributed by atoms with Crippen LogP contribution in [-0.4, -0.2) is 28.6 Å². The highest BCUT2D eigenvalue weighted by Gasteiger charge is 2.17. The van der Waals surface area contributed by atoms with Gasteiger partial charge in [0.05, 0.1) is 5.56 Å². The third kappa shape index (κ3) is 5.07. The number of para-hydroxylation sites is 1. The first-order valence-corrected chi connectivity index (χ1v) is 7.71. The second kappa shape index (κ2) is 8.29. The molecular weight excluding hydrogens is 292 g/mol. The Labute approximate surface area is 136 Å². The Morgan fingerprint density at radius 3 is 2.52 bits per heavy atom. The fourth-order valence-electron chi connectivity index (χ4n) is 2.15. The van der Waals surface area contributed by atoms with Crippen LogP contribution in [0.4, 0.5) is 0 Å². The molecule has 0 bridgehead atoms. The van der Waals surface area contributed by atoms with Gasteiger partial charge in [-0.05, 0) is 30.5 Å². The Bertz CT molecular complexity index is 612. The highest BCUT2D eigenvalue weighted by Crippen LogP contribution is 2.18. The number of amides is 1. The van der Waals surface area contributed by atoms with Gasteiger partial charge >= 0.3 is 0 Å². The molecule has 0 radical (unpaired) electrons. The molecule has 0 fully saturated rings. The molecule has 0 aliphatic rings. The van der Waals surface area contributed by atoms with Crippen molar-refractivity contribution in [3.05, 3.63) is 54.2 Å². The first-order chi connectivity index (χ1) is 11.1. The number of benzene rings is 1. The van der Waals surface area contributed by atoms with E-state index >= 15 is 0 Å². The Morgan fingerprint density at radius 2 is 1.96 bits per heavy atom. The van der Waals surface area contributed by atoms with E-state index in [1.54, 1.807) is 12.1 Å². The van der Waals surface area contributed by atoms with E-state index < -0.39 is 0 Å². The number of hydrogen-bond acceptors (Lipinski definition) is 4. The van der Waals surface area contributed by atoms with Crippen molar-refractivity contribution in [1.29, 1.82) is 0 Å². The van der Waals surface area contributed by atoms with Crippen LogP contribution in [0.15, 0.2) is 48.7 Å². The first-order valence-electron chi connectivity index (χ1n) is 7.71. The first kappa shape index (κ1) is 17.0. The molecule has 0 saturated carbocycles. The molecule has 1 unspecified atom stereocenters. The topological polar surface area (TPSA) is 71.5 Å². The van der Waals surface area contributed by atoms with Crippen LogP contribution in [0.3, 0.4) is 0 Å². The molecule has 1 amide bonds. The smallest absolute Gasteiger partial charge is 0.253 e. The zero-order valence-corrected chi connectivity index (χ0v) is 13.4. The Balaban J connectivity index is 1.99. The van der Waals surface area contributed by atoms with Crippen molar-refractivity contribution in [3.63, 3.8) is 0 Å². The van der Waals surface area contributed by atoms with E-state index in [4.69, 9.17) is 9.84 Å². The second-order valence-electron chi connectivity index (χ2n) is 5.64. The summed E-state index contributed by atoms with van der Waals surface area (Å²) in [6.07, 6.45) is 2.02. The molecule has 2 N–H and O–H groups in total. The van der Waals surface area contributed by atoms with Crippen LogP contribution in [-0.2, 0) is 0 Å². The van der Waals surface area contributed by atoms with Crippen LogP contribution < -0.4 is 10.1 Å². The average Bonchev–Trinajstić information content (AvgIpc) is 2.56. The molecule has 0 spiro atoms. The molecule has 5 nitrogen and oxygen atoms in total. The zero-order chi connectivity index (χ0) is 16.7. The number of nitrogens with one attached hydrogen (secondary N) is 1. The number of aliphatic hydroxyl groups is 1. The van der Waals surface area contributed by atoms with Crippen molar-refractivity contribution in [3.8, 4) is 11.6 Å². The van der Waals surface area contributed by atoms with Crippen molar-refractivity contribution in [2.75, 3.05) is 6.61 Å². The number of aliphatic hydroxyl groups excluding tert-OH is 1. The van der Waals surface area contributed by atoms with Crippen LogP contribution >= 0.6 is 0 Å². The number of nitrogens with zero attached hydrogens (tertiary/aromatic N) is 1. The normalized spacial score (nSPS) is 12.0. The van der Waals surface area contributed by atoms with E-state index in [2.05, 4.69) is 10.3 Å². The summed E-state index contributed by atoms with van der Waals surface area (Å²) in [5.41, 5.74) is 0.467. The molecule has 1 aromatic carbocycles. The number of pyridine rings is 1. The molecule has 2 aromatic rings. The van der Waals surface area contributed by atoms with Crippen molar-refractivity contribution in [2.24, 2.45) is 5.92 Å². The number of ether oxygens (including phenoxy) is 1. The third-order valence-corrected chi connectivity index (χ3v) is 3.53. The molecule has 0 aliphatic carbocycles. The summed E-state index contributed by atoms with van der Waals surface area (Å²) in [5.74, 6) is 1.18. The SMILES string of the molecule is CC(C)C(CCO)NC(=O)c1ccc(Oc2ccccc2)nc1. The summed E-state index contributed by atoms with van der Waals surface area (Å²) >= 11 is 0. The average molecular weight is 314 g/mol. The number of hydrogen-bond donors (Lipinski definition) is 2. The molecule has 0 saturated heterocycles. The standard InChI is InChI=1S/C18H22N2O3/c1-13(2)16(10-11-21)20-18(22)14-8-9-17(19-12-14)23-15-6-4-3-5-7-15/h3-9,12-13,16,21H,10-11H2,1-2H3,(H,20,22). The molecule has 1 atom stereocenters. The summed E-state index contributed by atoms with van der Waals surface area (Å²) in [6, 6.07) is 12.6. The highest BCUT2D eigenvalue weighted by atomic mass is 16.5. The minimum Gasteiger partial charge on any atom is -0.439 e. The number of aromatic nitrogens is 1. The van der Waals surface area contributed by atoms with Crippen LogP contribution in [0, 0.1) is 5.92 Å². The lowest BCUT2D eigenvalue weighted by molar-refractivity contribution is 0.0916. The molecule has 5 heteroatoms. The van der Waals surface area contributed by atoms with Gasteiger partial charge in [-0.1, -0.05) is 32.0 Å². The Morgan fingerprint density at radius 1 is 1.22 bits per heavy atom. The van der Waals surface area contributed by atoms with Gasteiger partial charge < -0.3 is 15.2 Å². The monoisotopic (exact) mass is 314 g/mol. The summed E-state index contributed by atoms with van der Waals surface area (Å²) in [7, 11) is 0. The van der Waals surface area contributed by atoms with Crippen molar-refractivity contribution >= 4 is 5.91 Å². The zero-order valence-electron chi connectivity index (χ0n) is 13.4. The predicted octanol–water partition coefficient (Wildman–Crippen LogP) is 3.01. The van der Waals surface area contributed by atoms with E-state index in [-0.39, 0.29) is 24.5 Å². The van der Waals surface area contributed by atoms with Crippen LogP contribution in [0.1, 0.15) is 30.6 Å². The lowest BCUT2D eigenvalue weighted by Gasteiger charge is -2.21. The van der Waals surface area contributed by atoms with E-state index in [9.17, 15) is 4.79 Å². The Kier molecular flexibility index (Phi) is 6.11. The molecule has 0 aliphatic heterocycles. The van der Waals surface area contributed by atoms with Gasteiger partial charge in [0.25, 0.3) is 5.91 Å². The van der Waals surface area contributed by atoms with Gasteiger partial charge in [-0.15, -0.1) is 0 Å². The Hall–Kier alpha value is -2.40. The quantitative estimate of drug-likeness (QED) is 0.824. The third-order valence-electron chi connectivity index (χ3n) is 3.53. The molecule has 122 valence electrons. The number of carbonyl (C=O) groups is 1. The van der Waals surface area contributed by atoms with E-state index in [0.29, 0.717) is 23.6 Å². The molecule has 2 rings (SSSR count). The summed E-state index contributed by atoms with van der Waals surface area (Å²) in [5, 5.41) is 12.0. The van der Waals surface area contributed by atoms with Gasteiger partial charge in [-0.2, -0.15) is 0 Å². The predicted molar refractivity (Wildman–Crippen MR) is 88.5 cm³/mol. The maximum atomic E-state index is 12.2. The van der Waals surface area contributed by atoms with Crippen molar-refractivity contribution in [2.45, 2.75) is 26.3 Å². The lowest BCUT2D eigenvalue weighted by Crippen LogP contribution is -2.39. The number of carbonyl (C=O) groups excluding carboxylic acids is 1. The summed E-state index contributed by atoms with van der Waals surface area (Å²) in [6.45, 7) is 4.07. The lowest BCUT2D eigenvalue weighted by atomic mass is 10.0. The molecule has 23 heavy (non-hydrogen) atoms. The highest BCUT2D eigenvalue weighted by molar-refractivity contribution is 5.94. The van der Waals surface area contributed by atoms with Crippen molar-refractivity contribution in [1.82, 2.24) is 10.3 Å². The van der Waals surface area contributed by atoms with Crippen LogP contribution in [0.2, 0.25) is 0 Å². The van der Waals surface area contributed by atoms with E-state index in [1.807, 2.05) is 44.2 Å². The van der Waals surface area contributed by atoms with Gasteiger partial charge in [0.1, 0.15) is 5.75 Å². The minimum atomic E-state index is -0.198. The largest absolute Gasteiger partial charge is 0.439 e. The molecule has 1 aromatic heterocycles. The van der Waals surface area contributed by atoms with Gasteiger partial charge in [-0.25, -0.2) is 4.98 Å².